The topological polar surface area (TPSA) is 20.3 Å². The van der Waals surface area contributed by atoms with E-state index >= 15 is 0 Å². The molecule has 98 valence electrons. The highest BCUT2D eigenvalue weighted by atomic mass is 35.5. The molecule has 5 heteroatoms. The van der Waals surface area contributed by atoms with Crippen molar-refractivity contribution < 1.29 is 9.18 Å². The highest BCUT2D eigenvalue weighted by Crippen LogP contribution is 2.24. The molecule has 1 aromatic rings. The Bertz CT molecular complexity index is 415. The van der Waals surface area contributed by atoms with Gasteiger partial charge >= 0.3 is 0 Å². The van der Waals surface area contributed by atoms with Crippen molar-refractivity contribution in [1.29, 1.82) is 0 Å². The maximum atomic E-state index is 13.5. The predicted molar refractivity (Wildman–Crippen MR) is 73.4 cm³/mol. The SMILES string of the molecule is O=C(CSCc1c(F)cccc1Cl)N1CCCC1. The molecule has 0 N–H and O–H groups in total. The van der Waals surface area contributed by atoms with Gasteiger partial charge in [-0.25, -0.2) is 4.39 Å². The van der Waals surface area contributed by atoms with Gasteiger partial charge < -0.3 is 4.90 Å². The van der Waals surface area contributed by atoms with Crippen LogP contribution in [-0.4, -0.2) is 29.6 Å². The Labute approximate surface area is 115 Å². The van der Waals surface area contributed by atoms with E-state index in [1.54, 1.807) is 12.1 Å². The molecule has 1 aliphatic rings. The van der Waals surface area contributed by atoms with E-state index in [-0.39, 0.29) is 11.7 Å². The first-order chi connectivity index (χ1) is 8.68. The molecule has 1 amide bonds. The molecule has 1 aliphatic heterocycles. The Kier molecular flexibility index (Phi) is 4.89. The van der Waals surface area contributed by atoms with Crippen LogP contribution in [0.25, 0.3) is 0 Å². The summed E-state index contributed by atoms with van der Waals surface area (Å²) in [5, 5.41) is 0.427. The molecule has 0 atom stereocenters. The predicted octanol–water partition coefficient (Wildman–Crippen LogP) is 3.33. The van der Waals surface area contributed by atoms with Crippen LogP contribution in [0.2, 0.25) is 5.02 Å². The Balaban J connectivity index is 1.83. The number of rotatable bonds is 4. The number of nitrogens with zero attached hydrogens (tertiary/aromatic N) is 1. The minimum absolute atomic E-state index is 0.143. The van der Waals surface area contributed by atoms with Crippen LogP contribution in [0.3, 0.4) is 0 Å². The van der Waals surface area contributed by atoms with E-state index in [0.717, 1.165) is 25.9 Å². The molecule has 1 aromatic carbocycles. The molecule has 2 rings (SSSR count). The van der Waals surface area contributed by atoms with Gasteiger partial charge in [0.2, 0.25) is 5.91 Å². The highest BCUT2D eigenvalue weighted by Gasteiger charge is 2.17. The number of carbonyl (C=O) groups excluding carboxylic acids is 1. The number of benzene rings is 1. The summed E-state index contributed by atoms with van der Waals surface area (Å²) in [5.74, 6) is 0.670. The lowest BCUT2D eigenvalue weighted by Crippen LogP contribution is -2.29. The molecule has 0 saturated carbocycles. The van der Waals surface area contributed by atoms with Gasteiger partial charge in [0.05, 0.1) is 5.75 Å². The van der Waals surface area contributed by atoms with Crippen LogP contribution in [0.5, 0.6) is 0 Å². The molecule has 0 aliphatic carbocycles. The Morgan fingerprint density at radius 2 is 2.11 bits per heavy atom. The Morgan fingerprint density at radius 3 is 2.78 bits per heavy atom. The van der Waals surface area contributed by atoms with Gasteiger partial charge in [0.25, 0.3) is 0 Å². The molecular weight excluding hydrogens is 273 g/mol. The summed E-state index contributed by atoms with van der Waals surface area (Å²) in [6.45, 7) is 1.72. The molecule has 0 radical (unpaired) electrons. The highest BCUT2D eigenvalue weighted by molar-refractivity contribution is 7.99. The van der Waals surface area contributed by atoms with E-state index in [1.807, 2.05) is 4.90 Å². The molecular formula is C13H15ClFNOS. The van der Waals surface area contributed by atoms with Crippen molar-refractivity contribution in [1.82, 2.24) is 4.90 Å². The fourth-order valence-electron chi connectivity index (χ4n) is 1.97. The van der Waals surface area contributed by atoms with Crippen molar-refractivity contribution in [2.24, 2.45) is 0 Å². The number of hydrogen-bond acceptors (Lipinski definition) is 2. The minimum atomic E-state index is -0.302. The van der Waals surface area contributed by atoms with Gasteiger partial charge in [-0.3, -0.25) is 4.79 Å². The Morgan fingerprint density at radius 1 is 1.39 bits per heavy atom. The molecule has 1 fully saturated rings. The van der Waals surface area contributed by atoms with Gasteiger partial charge in [-0.1, -0.05) is 17.7 Å². The lowest BCUT2D eigenvalue weighted by Gasteiger charge is -2.14. The lowest BCUT2D eigenvalue weighted by atomic mass is 10.2. The van der Waals surface area contributed by atoms with Gasteiger partial charge in [-0.15, -0.1) is 11.8 Å². The fraction of sp³-hybridized carbons (Fsp3) is 0.462. The van der Waals surface area contributed by atoms with Crippen LogP contribution in [0.15, 0.2) is 18.2 Å². The number of carbonyl (C=O) groups is 1. The van der Waals surface area contributed by atoms with E-state index in [2.05, 4.69) is 0 Å². The summed E-state index contributed by atoms with van der Waals surface area (Å²) in [6, 6.07) is 4.65. The van der Waals surface area contributed by atoms with E-state index < -0.39 is 0 Å². The van der Waals surface area contributed by atoms with Crippen LogP contribution < -0.4 is 0 Å². The van der Waals surface area contributed by atoms with Crippen molar-refractivity contribution in [2.75, 3.05) is 18.8 Å². The average molecular weight is 288 g/mol. The van der Waals surface area contributed by atoms with Gasteiger partial charge in [-0.2, -0.15) is 0 Å². The molecule has 2 nitrogen and oxygen atoms in total. The van der Waals surface area contributed by atoms with Crippen molar-refractivity contribution in [3.05, 3.63) is 34.6 Å². The van der Waals surface area contributed by atoms with Crippen LogP contribution in [-0.2, 0) is 10.5 Å². The Hall–Kier alpha value is -0.740. The third-order valence-electron chi connectivity index (χ3n) is 2.99. The molecule has 0 unspecified atom stereocenters. The number of amides is 1. The van der Waals surface area contributed by atoms with Crippen LogP contribution in [0.4, 0.5) is 4.39 Å². The van der Waals surface area contributed by atoms with Gasteiger partial charge in [0.15, 0.2) is 0 Å². The van der Waals surface area contributed by atoms with Crippen molar-refractivity contribution in [3.8, 4) is 0 Å². The second kappa shape index (κ2) is 6.43. The van der Waals surface area contributed by atoms with Gasteiger partial charge in [0, 0.05) is 29.4 Å². The third kappa shape index (κ3) is 3.39. The number of thioether (sulfide) groups is 1. The van der Waals surface area contributed by atoms with Crippen molar-refractivity contribution >= 4 is 29.3 Å². The first-order valence-electron chi connectivity index (χ1n) is 5.97. The molecule has 0 spiro atoms. The summed E-state index contributed by atoms with van der Waals surface area (Å²) in [7, 11) is 0. The molecule has 1 saturated heterocycles. The standard InChI is InChI=1S/C13H15ClFNOS/c14-11-4-3-5-12(15)10(11)8-18-9-13(17)16-6-1-2-7-16/h3-5H,1-2,6-9H2. The molecule has 18 heavy (non-hydrogen) atoms. The fourth-order valence-corrected chi connectivity index (χ4v) is 3.23. The lowest BCUT2D eigenvalue weighted by molar-refractivity contribution is -0.127. The minimum Gasteiger partial charge on any atom is -0.342 e. The second-order valence-electron chi connectivity index (χ2n) is 4.28. The van der Waals surface area contributed by atoms with Crippen LogP contribution in [0, 0.1) is 5.82 Å². The zero-order valence-electron chi connectivity index (χ0n) is 9.99. The maximum absolute atomic E-state index is 13.5. The summed E-state index contributed by atoms with van der Waals surface area (Å²) < 4.78 is 13.5. The van der Waals surface area contributed by atoms with Crippen molar-refractivity contribution in [2.45, 2.75) is 18.6 Å². The number of halogens is 2. The normalized spacial score (nSPS) is 15.1. The van der Waals surface area contributed by atoms with Crippen molar-refractivity contribution in [3.63, 3.8) is 0 Å². The number of likely N-dealkylation sites (tertiary alicyclic amines) is 1. The molecule has 1 heterocycles. The first kappa shape index (κ1) is 13.7. The smallest absolute Gasteiger partial charge is 0.232 e. The maximum Gasteiger partial charge on any atom is 0.232 e. The van der Waals surface area contributed by atoms with Crippen LogP contribution >= 0.6 is 23.4 Å². The zero-order valence-corrected chi connectivity index (χ0v) is 11.6. The third-order valence-corrected chi connectivity index (χ3v) is 4.29. The quantitative estimate of drug-likeness (QED) is 0.846. The van der Waals surface area contributed by atoms with Gasteiger partial charge in [-0.05, 0) is 25.0 Å². The summed E-state index contributed by atoms with van der Waals surface area (Å²) >= 11 is 7.34. The van der Waals surface area contributed by atoms with E-state index in [4.69, 9.17) is 11.6 Å². The van der Waals surface area contributed by atoms with E-state index in [9.17, 15) is 9.18 Å². The molecule has 0 bridgehead atoms. The molecule has 0 aromatic heterocycles. The summed E-state index contributed by atoms with van der Waals surface area (Å²) in [4.78, 5) is 13.7. The number of hydrogen-bond donors (Lipinski definition) is 0. The largest absolute Gasteiger partial charge is 0.342 e. The second-order valence-corrected chi connectivity index (χ2v) is 5.67. The zero-order chi connectivity index (χ0) is 13.0. The average Bonchev–Trinajstić information content (AvgIpc) is 2.86. The summed E-state index contributed by atoms with van der Waals surface area (Å²) in [5.41, 5.74) is 0.485. The monoisotopic (exact) mass is 287 g/mol. The summed E-state index contributed by atoms with van der Waals surface area (Å²) in [6.07, 6.45) is 2.19. The van der Waals surface area contributed by atoms with Gasteiger partial charge in [0.1, 0.15) is 5.82 Å². The first-order valence-corrected chi connectivity index (χ1v) is 7.50. The van der Waals surface area contributed by atoms with E-state index in [1.165, 1.54) is 17.8 Å². The van der Waals surface area contributed by atoms with Crippen LogP contribution in [0.1, 0.15) is 18.4 Å². The van der Waals surface area contributed by atoms with E-state index in [0.29, 0.717) is 22.1 Å².